The standard InChI is InChI=1S/C47H62/c1-11-15-17-21-30(13-3)27-32-28-38-42-40-33(32)23-19-25-35(40)45(47(8,9)10)39-29-37(31(14-4)22-18-16-12-2)34-24-20-26-36(41(34)43(39)42)44(38)46(5,6)7/h19-20,23-26,28-31H,11-18,21-22,27H2,1-10H3. The molecular weight excluding hydrogens is 565 g/mol. The Labute approximate surface area is 286 Å². The van der Waals surface area contributed by atoms with Gasteiger partial charge in [-0.15, -0.1) is 0 Å². The second kappa shape index (κ2) is 13.2. The molecule has 6 aromatic rings. The Morgan fingerprint density at radius 3 is 1.55 bits per heavy atom. The molecule has 250 valence electrons. The minimum absolute atomic E-state index is 0.0164. The molecule has 0 saturated heterocycles. The summed E-state index contributed by atoms with van der Waals surface area (Å²) in [6.45, 7) is 24.2. The van der Waals surface area contributed by atoms with Gasteiger partial charge in [0.15, 0.2) is 0 Å². The monoisotopic (exact) mass is 626 g/mol. The molecule has 0 heterocycles. The first-order valence-electron chi connectivity index (χ1n) is 19.4. The highest BCUT2D eigenvalue weighted by Crippen LogP contribution is 2.53. The summed E-state index contributed by atoms with van der Waals surface area (Å²) in [5.41, 5.74) is 6.28. The molecule has 0 aromatic heterocycles. The predicted octanol–water partition coefficient (Wildman–Crippen LogP) is 15.1. The molecule has 0 radical (unpaired) electrons. The van der Waals surface area contributed by atoms with Gasteiger partial charge in [0.2, 0.25) is 0 Å². The van der Waals surface area contributed by atoms with E-state index >= 15 is 0 Å². The minimum atomic E-state index is 0.0164. The van der Waals surface area contributed by atoms with Crippen molar-refractivity contribution in [1.82, 2.24) is 0 Å². The van der Waals surface area contributed by atoms with Crippen LogP contribution in [0.2, 0.25) is 0 Å². The third-order valence-corrected chi connectivity index (χ3v) is 11.7. The van der Waals surface area contributed by atoms with Crippen molar-refractivity contribution < 1.29 is 0 Å². The van der Waals surface area contributed by atoms with Gasteiger partial charge in [0, 0.05) is 0 Å². The Kier molecular flexibility index (Phi) is 9.56. The summed E-state index contributed by atoms with van der Waals surface area (Å²) in [5.74, 6) is 1.32. The van der Waals surface area contributed by atoms with Crippen LogP contribution < -0.4 is 0 Å². The van der Waals surface area contributed by atoms with Crippen LogP contribution in [0.4, 0.5) is 0 Å². The van der Waals surface area contributed by atoms with Crippen molar-refractivity contribution in [3.8, 4) is 0 Å². The molecule has 47 heavy (non-hydrogen) atoms. The number of hydrogen-bond donors (Lipinski definition) is 0. The van der Waals surface area contributed by atoms with Crippen LogP contribution in [0.25, 0.3) is 53.9 Å². The van der Waals surface area contributed by atoms with Crippen LogP contribution in [0.1, 0.15) is 162 Å². The van der Waals surface area contributed by atoms with Crippen LogP contribution in [-0.4, -0.2) is 0 Å². The molecule has 0 aliphatic heterocycles. The molecule has 6 rings (SSSR count). The lowest BCUT2D eigenvalue weighted by Gasteiger charge is -2.33. The third-order valence-electron chi connectivity index (χ3n) is 11.7. The van der Waals surface area contributed by atoms with E-state index in [0.29, 0.717) is 5.92 Å². The van der Waals surface area contributed by atoms with E-state index in [9.17, 15) is 0 Å². The predicted molar refractivity (Wildman–Crippen MR) is 213 cm³/mol. The van der Waals surface area contributed by atoms with E-state index in [0.717, 1.165) is 5.92 Å². The Hall–Kier alpha value is -2.86. The SMILES string of the molecule is CCCCCC(CC)Cc1cc2c(C(C)(C)C)c3cccc4c(C(CC)CCCCC)cc5c(C(C)(C)C)c6cccc1c6c2c5c43. The summed E-state index contributed by atoms with van der Waals surface area (Å²) in [6, 6.07) is 20.0. The van der Waals surface area contributed by atoms with Crippen molar-refractivity contribution in [2.45, 2.75) is 157 Å². The molecule has 0 bridgehead atoms. The Morgan fingerprint density at radius 1 is 0.511 bits per heavy atom. The van der Waals surface area contributed by atoms with Gasteiger partial charge in [-0.05, 0) is 124 Å². The summed E-state index contributed by atoms with van der Waals surface area (Å²) in [5, 5.41) is 15.1. The fourth-order valence-corrected chi connectivity index (χ4v) is 9.46. The normalized spacial score (nSPS) is 14.5. The Bertz CT molecular complexity index is 1970. The lowest BCUT2D eigenvalue weighted by atomic mass is 9.70. The maximum absolute atomic E-state index is 2.69. The van der Waals surface area contributed by atoms with Crippen molar-refractivity contribution >= 4 is 53.9 Å². The van der Waals surface area contributed by atoms with Gasteiger partial charge in [0.25, 0.3) is 0 Å². The zero-order chi connectivity index (χ0) is 33.7. The average Bonchev–Trinajstić information content (AvgIpc) is 3.02. The average molecular weight is 627 g/mol. The molecular formula is C47H62. The molecule has 0 N–H and O–H groups in total. The quantitative estimate of drug-likeness (QED) is 0.0679. The van der Waals surface area contributed by atoms with Gasteiger partial charge in [0.1, 0.15) is 0 Å². The maximum Gasteiger partial charge on any atom is -0.00107 e. The van der Waals surface area contributed by atoms with Gasteiger partial charge in [-0.2, -0.15) is 0 Å². The molecule has 2 atom stereocenters. The van der Waals surface area contributed by atoms with Gasteiger partial charge in [-0.3, -0.25) is 0 Å². The Balaban J connectivity index is 1.81. The van der Waals surface area contributed by atoms with E-state index in [1.165, 1.54) is 124 Å². The van der Waals surface area contributed by atoms with Crippen LogP contribution in [-0.2, 0) is 17.3 Å². The van der Waals surface area contributed by atoms with Crippen molar-refractivity contribution in [1.29, 1.82) is 0 Å². The molecule has 0 nitrogen and oxygen atoms in total. The third kappa shape index (κ3) is 5.91. The van der Waals surface area contributed by atoms with E-state index in [2.05, 4.69) is 118 Å². The van der Waals surface area contributed by atoms with E-state index in [1.54, 1.807) is 22.3 Å². The molecule has 0 heteroatoms. The highest BCUT2D eigenvalue weighted by molar-refractivity contribution is 6.39. The topological polar surface area (TPSA) is 0 Å². The second-order valence-corrected chi connectivity index (χ2v) is 17.1. The number of benzene rings is 6. The van der Waals surface area contributed by atoms with Crippen LogP contribution in [0.5, 0.6) is 0 Å². The molecule has 6 aromatic carbocycles. The molecule has 0 amide bonds. The van der Waals surface area contributed by atoms with Crippen LogP contribution in [0, 0.1) is 5.92 Å². The van der Waals surface area contributed by atoms with Crippen molar-refractivity contribution in [2.24, 2.45) is 5.92 Å². The van der Waals surface area contributed by atoms with E-state index in [-0.39, 0.29) is 10.8 Å². The van der Waals surface area contributed by atoms with E-state index < -0.39 is 0 Å². The largest absolute Gasteiger partial charge is 0.0654 e. The summed E-state index contributed by atoms with van der Waals surface area (Å²) < 4.78 is 0. The molecule has 0 aliphatic rings. The second-order valence-electron chi connectivity index (χ2n) is 17.1. The van der Waals surface area contributed by atoms with Crippen LogP contribution in [0.3, 0.4) is 0 Å². The zero-order valence-electron chi connectivity index (χ0n) is 31.6. The molecule has 2 unspecified atom stereocenters. The molecule has 0 aliphatic carbocycles. The fraction of sp³-hybridized carbons (Fsp3) is 0.532. The summed E-state index contributed by atoms with van der Waals surface area (Å²) in [6.07, 6.45) is 14.1. The van der Waals surface area contributed by atoms with E-state index in [1.807, 2.05) is 0 Å². The van der Waals surface area contributed by atoms with Gasteiger partial charge in [0.05, 0.1) is 0 Å². The minimum Gasteiger partial charge on any atom is -0.0654 e. The summed E-state index contributed by atoms with van der Waals surface area (Å²) >= 11 is 0. The van der Waals surface area contributed by atoms with Gasteiger partial charge in [-0.25, -0.2) is 0 Å². The zero-order valence-corrected chi connectivity index (χ0v) is 31.6. The van der Waals surface area contributed by atoms with Crippen molar-refractivity contribution in [3.63, 3.8) is 0 Å². The Morgan fingerprint density at radius 2 is 1.02 bits per heavy atom. The summed E-state index contributed by atoms with van der Waals surface area (Å²) in [7, 11) is 0. The van der Waals surface area contributed by atoms with Crippen LogP contribution >= 0.6 is 0 Å². The summed E-state index contributed by atoms with van der Waals surface area (Å²) in [4.78, 5) is 0. The van der Waals surface area contributed by atoms with Crippen LogP contribution in [0.15, 0.2) is 48.5 Å². The van der Waals surface area contributed by atoms with Gasteiger partial charge < -0.3 is 0 Å². The fourth-order valence-electron chi connectivity index (χ4n) is 9.46. The smallest absolute Gasteiger partial charge is 0.00107 e. The molecule has 0 saturated carbocycles. The van der Waals surface area contributed by atoms with Crippen molar-refractivity contribution in [3.05, 3.63) is 70.8 Å². The lowest BCUT2D eigenvalue weighted by Crippen LogP contribution is -2.16. The molecule has 0 fully saturated rings. The highest BCUT2D eigenvalue weighted by atomic mass is 14.3. The van der Waals surface area contributed by atoms with Crippen molar-refractivity contribution in [2.75, 3.05) is 0 Å². The first-order chi connectivity index (χ1) is 22.5. The lowest BCUT2D eigenvalue weighted by molar-refractivity contribution is 0.444. The first-order valence-corrected chi connectivity index (χ1v) is 19.4. The van der Waals surface area contributed by atoms with Gasteiger partial charge >= 0.3 is 0 Å². The highest BCUT2D eigenvalue weighted by Gasteiger charge is 2.32. The number of hydrogen-bond acceptors (Lipinski definition) is 0. The first kappa shape index (κ1) is 34.0. The molecule has 0 spiro atoms. The van der Waals surface area contributed by atoms with E-state index in [4.69, 9.17) is 0 Å². The number of rotatable bonds is 13. The van der Waals surface area contributed by atoms with Gasteiger partial charge in [-0.1, -0.05) is 163 Å². The maximum atomic E-state index is 2.69. The number of unbranched alkanes of at least 4 members (excludes halogenated alkanes) is 4.